The molecule has 3 rings (SSSR count). The molecule has 25 heavy (non-hydrogen) atoms. The number of hydrogen-bond acceptors (Lipinski definition) is 5. The highest BCUT2D eigenvalue weighted by Gasteiger charge is 2.23. The van der Waals surface area contributed by atoms with E-state index in [-0.39, 0.29) is 16.7 Å². The van der Waals surface area contributed by atoms with E-state index in [0.29, 0.717) is 16.0 Å². The van der Waals surface area contributed by atoms with Crippen molar-refractivity contribution in [3.63, 3.8) is 0 Å². The first-order valence-corrected chi connectivity index (χ1v) is 8.81. The van der Waals surface area contributed by atoms with Crippen LogP contribution in [0.3, 0.4) is 0 Å². The van der Waals surface area contributed by atoms with Crippen molar-refractivity contribution in [2.75, 3.05) is 6.54 Å². The van der Waals surface area contributed by atoms with Crippen LogP contribution in [-0.2, 0) is 0 Å². The Morgan fingerprint density at radius 3 is 2.48 bits per heavy atom. The predicted molar refractivity (Wildman–Crippen MR) is 98.0 cm³/mol. The lowest BCUT2D eigenvalue weighted by Crippen LogP contribution is -2.11. The van der Waals surface area contributed by atoms with E-state index in [1.807, 2.05) is 54.0 Å². The highest BCUT2D eigenvalue weighted by molar-refractivity contribution is 7.99. The second kappa shape index (κ2) is 7.67. The average molecular weight is 375 g/mol. The molecule has 1 atom stereocenters. The lowest BCUT2D eigenvalue weighted by Gasteiger charge is -2.14. The molecule has 0 aliphatic heterocycles. The molecule has 0 N–H and O–H groups in total. The number of hydrogen-bond donors (Lipinski definition) is 0. The number of rotatable bonds is 6. The maximum atomic E-state index is 11.1. The molecule has 1 heterocycles. The molecule has 0 fully saturated rings. The molecule has 0 unspecified atom stereocenters. The standard InChI is InChI=1S/C17H15ClN4O2S/c1-12-19-20-17(22(12)15-9-7-14(18)8-10-15)25-16(11-21(23)24)13-5-3-2-4-6-13/h2-10,16H,11H2,1H3/t16-/m1/s1. The second-order valence-electron chi connectivity index (χ2n) is 5.37. The molecule has 128 valence electrons. The molecule has 1 aromatic heterocycles. The lowest BCUT2D eigenvalue weighted by molar-refractivity contribution is -0.479. The molecule has 0 saturated carbocycles. The second-order valence-corrected chi connectivity index (χ2v) is 6.98. The summed E-state index contributed by atoms with van der Waals surface area (Å²) in [6, 6.07) is 16.7. The molecule has 3 aromatic rings. The van der Waals surface area contributed by atoms with Crippen molar-refractivity contribution >= 4 is 23.4 Å². The van der Waals surface area contributed by atoms with Gasteiger partial charge < -0.3 is 0 Å². The van der Waals surface area contributed by atoms with Gasteiger partial charge in [-0.05, 0) is 36.8 Å². The zero-order valence-electron chi connectivity index (χ0n) is 13.4. The maximum absolute atomic E-state index is 11.1. The Bertz CT molecular complexity index is 868. The average Bonchev–Trinajstić information content (AvgIpc) is 2.96. The van der Waals surface area contributed by atoms with E-state index in [0.717, 1.165) is 11.3 Å². The van der Waals surface area contributed by atoms with Crippen LogP contribution in [0.15, 0.2) is 59.8 Å². The number of nitrogens with zero attached hydrogens (tertiary/aromatic N) is 4. The van der Waals surface area contributed by atoms with Crippen LogP contribution in [0, 0.1) is 17.0 Å². The lowest BCUT2D eigenvalue weighted by atomic mass is 10.1. The number of nitro groups is 1. The van der Waals surface area contributed by atoms with Crippen molar-refractivity contribution in [2.45, 2.75) is 17.3 Å². The van der Waals surface area contributed by atoms with Crippen molar-refractivity contribution in [1.82, 2.24) is 14.8 Å². The zero-order chi connectivity index (χ0) is 17.8. The molecule has 0 aliphatic rings. The summed E-state index contributed by atoms with van der Waals surface area (Å²) in [6.07, 6.45) is 0. The number of aromatic nitrogens is 3. The van der Waals surface area contributed by atoms with Crippen molar-refractivity contribution in [2.24, 2.45) is 0 Å². The molecule has 0 aliphatic carbocycles. The van der Waals surface area contributed by atoms with E-state index in [2.05, 4.69) is 10.2 Å². The summed E-state index contributed by atoms with van der Waals surface area (Å²) in [4.78, 5) is 10.8. The van der Waals surface area contributed by atoms with Crippen LogP contribution in [-0.4, -0.2) is 26.2 Å². The van der Waals surface area contributed by atoms with Gasteiger partial charge in [-0.3, -0.25) is 14.7 Å². The van der Waals surface area contributed by atoms with Crippen LogP contribution in [0.25, 0.3) is 5.69 Å². The Hall–Kier alpha value is -2.38. The third kappa shape index (κ3) is 4.18. The largest absolute Gasteiger partial charge is 0.274 e. The van der Waals surface area contributed by atoms with Gasteiger partial charge in [0.2, 0.25) is 6.54 Å². The Labute approximate surface area is 154 Å². The maximum Gasteiger partial charge on any atom is 0.220 e. The van der Waals surface area contributed by atoms with Crippen LogP contribution < -0.4 is 0 Å². The fraction of sp³-hybridized carbons (Fsp3) is 0.176. The number of benzene rings is 2. The molecule has 8 heteroatoms. The van der Waals surface area contributed by atoms with E-state index < -0.39 is 0 Å². The van der Waals surface area contributed by atoms with Gasteiger partial charge in [0.25, 0.3) is 0 Å². The monoisotopic (exact) mass is 374 g/mol. The summed E-state index contributed by atoms with van der Waals surface area (Å²) < 4.78 is 1.87. The van der Waals surface area contributed by atoms with E-state index in [9.17, 15) is 10.1 Å². The van der Waals surface area contributed by atoms with E-state index in [4.69, 9.17) is 11.6 Å². The van der Waals surface area contributed by atoms with Gasteiger partial charge in [-0.25, -0.2) is 0 Å². The molecule has 0 spiro atoms. The Morgan fingerprint density at radius 2 is 1.84 bits per heavy atom. The molecule has 2 aromatic carbocycles. The van der Waals surface area contributed by atoms with Gasteiger partial charge in [-0.2, -0.15) is 0 Å². The third-order valence-electron chi connectivity index (χ3n) is 3.61. The van der Waals surface area contributed by atoms with E-state index in [1.54, 1.807) is 12.1 Å². The predicted octanol–water partition coefficient (Wildman–Crippen LogP) is 4.34. The van der Waals surface area contributed by atoms with Gasteiger partial charge in [0.1, 0.15) is 11.1 Å². The fourth-order valence-electron chi connectivity index (χ4n) is 2.45. The molecular weight excluding hydrogens is 360 g/mol. The van der Waals surface area contributed by atoms with Crippen molar-refractivity contribution < 1.29 is 4.92 Å². The highest BCUT2D eigenvalue weighted by atomic mass is 35.5. The Morgan fingerprint density at radius 1 is 1.16 bits per heavy atom. The van der Waals surface area contributed by atoms with Crippen molar-refractivity contribution in [1.29, 1.82) is 0 Å². The third-order valence-corrected chi connectivity index (χ3v) is 5.05. The topological polar surface area (TPSA) is 73.8 Å². The van der Waals surface area contributed by atoms with Crippen LogP contribution in [0.2, 0.25) is 5.02 Å². The van der Waals surface area contributed by atoms with Gasteiger partial charge >= 0.3 is 0 Å². The number of halogens is 1. The van der Waals surface area contributed by atoms with Crippen LogP contribution >= 0.6 is 23.4 Å². The van der Waals surface area contributed by atoms with Gasteiger partial charge in [0, 0.05) is 15.6 Å². The molecule has 6 nitrogen and oxygen atoms in total. The van der Waals surface area contributed by atoms with Gasteiger partial charge in [0.05, 0.1) is 0 Å². The van der Waals surface area contributed by atoms with Crippen molar-refractivity contribution in [3.05, 3.63) is 81.1 Å². The fourth-order valence-corrected chi connectivity index (χ4v) is 3.75. The molecule has 0 amide bonds. The first-order valence-electron chi connectivity index (χ1n) is 7.56. The van der Waals surface area contributed by atoms with E-state index in [1.165, 1.54) is 11.8 Å². The minimum absolute atomic E-state index is 0.193. The molecule has 0 radical (unpaired) electrons. The SMILES string of the molecule is Cc1nnc(S[C@H](C[N+](=O)[O-])c2ccccc2)n1-c1ccc(Cl)cc1. The number of thioether (sulfide) groups is 1. The van der Waals surface area contributed by atoms with Crippen molar-refractivity contribution in [3.8, 4) is 5.69 Å². The van der Waals surface area contributed by atoms with Gasteiger partial charge in [-0.1, -0.05) is 53.7 Å². The molecule has 0 saturated heterocycles. The summed E-state index contributed by atoms with van der Waals surface area (Å²) in [5.74, 6) is 0.706. The molecular formula is C17H15ClN4O2S. The quantitative estimate of drug-likeness (QED) is 0.364. The number of aryl methyl sites for hydroxylation is 1. The van der Waals surface area contributed by atoms with Gasteiger partial charge in [-0.15, -0.1) is 10.2 Å². The summed E-state index contributed by atoms with van der Waals surface area (Å²) >= 11 is 7.28. The summed E-state index contributed by atoms with van der Waals surface area (Å²) in [6.45, 7) is 1.65. The Balaban J connectivity index is 1.95. The first-order chi connectivity index (χ1) is 12.0. The Kier molecular flexibility index (Phi) is 5.35. The summed E-state index contributed by atoms with van der Waals surface area (Å²) in [5, 5.41) is 20.3. The highest BCUT2D eigenvalue weighted by Crippen LogP contribution is 2.35. The first kappa shape index (κ1) is 17.4. The van der Waals surface area contributed by atoms with Gasteiger partial charge in [0.15, 0.2) is 5.16 Å². The van der Waals surface area contributed by atoms with E-state index >= 15 is 0 Å². The normalized spacial score (nSPS) is 12.1. The molecule has 0 bridgehead atoms. The zero-order valence-corrected chi connectivity index (χ0v) is 14.9. The van der Waals surface area contributed by atoms with Crippen LogP contribution in [0.1, 0.15) is 16.6 Å². The van der Waals surface area contributed by atoms with Crippen LogP contribution in [0.4, 0.5) is 0 Å². The minimum atomic E-state index is -0.356. The smallest absolute Gasteiger partial charge is 0.220 e. The summed E-state index contributed by atoms with van der Waals surface area (Å²) in [7, 11) is 0. The minimum Gasteiger partial charge on any atom is -0.274 e. The summed E-state index contributed by atoms with van der Waals surface area (Å²) in [5.41, 5.74) is 1.75. The van der Waals surface area contributed by atoms with Crippen LogP contribution in [0.5, 0.6) is 0 Å².